The number of phenols is 1. The summed E-state index contributed by atoms with van der Waals surface area (Å²) >= 11 is 13.1. The van der Waals surface area contributed by atoms with Gasteiger partial charge in [0.15, 0.2) is 0 Å². The number of pyridine rings is 1. The molecule has 1 aliphatic rings. The number of carbonyl (C=O) groups is 2. The van der Waals surface area contributed by atoms with Gasteiger partial charge in [-0.3, -0.25) is 10.6 Å². The molecule has 0 bridgehead atoms. The van der Waals surface area contributed by atoms with E-state index in [9.17, 15) is 14.7 Å². The highest BCUT2D eigenvalue weighted by molar-refractivity contribution is 6.45. The lowest BCUT2D eigenvalue weighted by molar-refractivity contribution is 0.216. The van der Waals surface area contributed by atoms with Crippen LogP contribution < -0.4 is 20.7 Å². The van der Waals surface area contributed by atoms with Crippen molar-refractivity contribution in [3.05, 3.63) is 76.5 Å². The van der Waals surface area contributed by atoms with Gasteiger partial charge in [-0.25, -0.2) is 19.3 Å². The summed E-state index contributed by atoms with van der Waals surface area (Å²) in [6.45, 7) is 3.40. The van der Waals surface area contributed by atoms with E-state index in [-0.39, 0.29) is 33.3 Å². The second kappa shape index (κ2) is 14.7. The van der Waals surface area contributed by atoms with E-state index < -0.39 is 6.03 Å². The van der Waals surface area contributed by atoms with Crippen LogP contribution in [0.2, 0.25) is 10.0 Å². The van der Waals surface area contributed by atoms with E-state index in [2.05, 4.69) is 37.9 Å². The van der Waals surface area contributed by atoms with Crippen LogP contribution in [0.5, 0.6) is 17.2 Å². The number of carbonyl (C=O) groups excluding carboxylic acids is 2. The summed E-state index contributed by atoms with van der Waals surface area (Å²) in [5.41, 5.74) is 1.76. The van der Waals surface area contributed by atoms with Crippen molar-refractivity contribution < 1.29 is 19.4 Å². The van der Waals surface area contributed by atoms with Crippen LogP contribution >= 0.6 is 23.2 Å². The van der Waals surface area contributed by atoms with E-state index in [1.54, 1.807) is 58.1 Å². The Bertz CT molecular complexity index is 1700. The van der Waals surface area contributed by atoms with Gasteiger partial charge < -0.3 is 25.0 Å². The third-order valence-corrected chi connectivity index (χ3v) is 8.42. The number of aryl methyl sites for hydroxylation is 1. The Morgan fingerprint density at radius 3 is 2.54 bits per heavy atom. The summed E-state index contributed by atoms with van der Waals surface area (Å²) in [4.78, 5) is 33.9. The smallest absolute Gasteiger partial charge is 0.324 e. The number of likely N-dealkylation sites (N-methyl/N-ethyl adjacent to an activating group) is 1. The molecule has 4 amide bonds. The van der Waals surface area contributed by atoms with Gasteiger partial charge >= 0.3 is 12.1 Å². The number of aromatic nitrogens is 3. The Morgan fingerprint density at radius 1 is 1.04 bits per heavy atom. The molecule has 0 saturated carbocycles. The maximum atomic E-state index is 13.1. The van der Waals surface area contributed by atoms with Crippen molar-refractivity contribution in [2.24, 2.45) is 0 Å². The zero-order valence-corrected chi connectivity index (χ0v) is 27.3. The molecule has 1 saturated heterocycles. The summed E-state index contributed by atoms with van der Waals surface area (Å²) in [5, 5.41) is 22.9. The first kappa shape index (κ1) is 32.9. The molecule has 3 heterocycles. The molecule has 0 spiro atoms. The van der Waals surface area contributed by atoms with Gasteiger partial charge in [0.1, 0.15) is 33.9 Å². The van der Waals surface area contributed by atoms with Crippen molar-refractivity contribution in [2.75, 3.05) is 43.1 Å². The zero-order valence-electron chi connectivity index (χ0n) is 25.8. The Kier molecular flexibility index (Phi) is 10.5. The number of benzene rings is 2. The summed E-state index contributed by atoms with van der Waals surface area (Å²) in [7, 11) is 4.01. The molecular formula is C32H36Cl2N8O4. The van der Waals surface area contributed by atoms with Crippen LogP contribution in [0.25, 0.3) is 5.69 Å². The lowest BCUT2D eigenvalue weighted by Gasteiger charge is -2.20. The van der Waals surface area contributed by atoms with Gasteiger partial charge in [0.05, 0.1) is 22.1 Å². The van der Waals surface area contributed by atoms with E-state index in [4.69, 9.17) is 27.9 Å². The number of rotatable bonds is 10. The summed E-state index contributed by atoms with van der Waals surface area (Å²) < 4.78 is 7.57. The van der Waals surface area contributed by atoms with Gasteiger partial charge in [0, 0.05) is 37.5 Å². The Hall–Kier alpha value is -4.52. The highest BCUT2D eigenvalue weighted by Crippen LogP contribution is 2.40. The minimum absolute atomic E-state index is 0.0806. The molecule has 242 valence electrons. The standard InChI is InChI=1S/C32H36Cl2N8O4/c1-4-5-6-20-17-28(42(39-20)21-7-9-23(43)10-8-21)38-31(44)36-25-11-12-26(30(34)29(25)33)46-24-13-15-35-27(18-24)37-32(45)41-16-14-22(19-41)40(2)3/h7-13,15,17-18,22,43H,4-6,14,16,19H2,1-3H3,(H,35,37,45)(H2,36,38,44)/t22-/m1/s1. The van der Waals surface area contributed by atoms with Crippen LogP contribution in [-0.2, 0) is 6.42 Å². The molecule has 2 aromatic heterocycles. The predicted octanol–water partition coefficient (Wildman–Crippen LogP) is 7.23. The third-order valence-electron chi connectivity index (χ3n) is 7.55. The van der Waals surface area contributed by atoms with E-state index >= 15 is 0 Å². The lowest BCUT2D eigenvalue weighted by Crippen LogP contribution is -2.36. The Balaban J connectivity index is 1.24. The number of aromatic hydroxyl groups is 1. The molecule has 0 unspecified atom stereocenters. The molecule has 4 aromatic rings. The van der Waals surface area contributed by atoms with Crippen LogP contribution in [0.1, 0.15) is 31.9 Å². The van der Waals surface area contributed by atoms with E-state index in [0.29, 0.717) is 42.2 Å². The number of hydrogen-bond acceptors (Lipinski definition) is 7. The molecule has 1 fully saturated rings. The first-order valence-electron chi connectivity index (χ1n) is 14.9. The van der Waals surface area contributed by atoms with Crippen molar-refractivity contribution in [1.82, 2.24) is 24.6 Å². The van der Waals surface area contributed by atoms with Crippen molar-refractivity contribution in [2.45, 2.75) is 38.6 Å². The number of hydrogen-bond donors (Lipinski definition) is 4. The molecule has 46 heavy (non-hydrogen) atoms. The fourth-order valence-electron chi connectivity index (χ4n) is 4.97. The topological polar surface area (TPSA) is 137 Å². The fourth-order valence-corrected chi connectivity index (χ4v) is 5.38. The van der Waals surface area contributed by atoms with Gasteiger partial charge in [-0.05, 0) is 75.8 Å². The zero-order chi connectivity index (χ0) is 32.8. The second-order valence-electron chi connectivity index (χ2n) is 11.1. The molecule has 14 heteroatoms. The average molecular weight is 668 g/mol. The monoisotopic (exact) mass is 666 g/mol. The number of likely N-dealkylation sites (tertiary alicyclic amines) is 1. The largest absolute Gasteiger partial charge is 0.508 e. The number of ether oxygens (including phenoxy) is 1. The number of nitrogens with one attached hydrogen (secondary N) is 3. The van der Waals surface area contributed by atoms with Crippen molar-refractivity contribution >= 4 is 52.6 Å². The number of unbranched alkanes of at least 4 members (excludes halogenated alkanes) is 1. The van der Waals surface area contributed by atoms with E-state index in [1.165, 1.54) is 6.20 Å². The quantitative estimate of drug-likeness (QED) is 0.140. The highest BCUT2D eigenvalue weighted by Gasteiger charge is 2.27. The predicted molar refractivity (Wildman–Crippen MR) is 180 cm³/mol. The van der Waals surface area contributed by atoms with Gasteiger partial charge in [-0.2, -0.15) is 5.10 Å². The summed E-state index contributed by atoms with van der Waals surface area (Å²) in [6, 6.07) is 14.2. The SMILES string of the molecule is CCCCc1cc(NC(=O)Nc2ccc(Oc3ccnc(NC(=O)N4CC[C@@H](N(C)C)C4)c3)c(Cl)c2Cl)n(-c2ccc(O)cc2)n1. The minimum atomic E-state index is -0.557. The molecule has 5 rings (SSSR count). The van der Waals surface area contributed by atoms with Crippen LogP contribution in [-0.4, -0.2) is 75.0 Å². The molecule has 12 nitrogen and oxygen atoms in total. The lowest BCUT2D eigenvalue weighted by atomic mass is 10.2. The first-order chi connectivity index (χ1) is 22.1. The van der Waals surface area contributed by atoms with Crippen molar-refractivity contribution in [1.29, 1.82) is 0 Å². The fraction of sp³-hybridized carbons (Fsp3) is 0.312. The van der Waals surface area contributed by atoms with Crippen molar-refractivity contribution in [3.63, 3.8) is 0 Å². The van der Waals surface area contributed by atoms with Crippen molar-refractivity contribution in [3.8, 4) is 22.9 Å². The normalized spacial score (nSPS) is 14.4. The van der Waals surface area contributed by atoms with Crippen LogP contribution in [0.3, 0.4) is 0 Å². The first-order valence-corrected chi connectivity index (χ1v) is 15.7. The average Bonchev–Trinajstić information content (AvgIpc) is 3.69. The number of amides is 4. The molecule has 1 atom stereocenters. The summed E-state index contributed by atoms with van der Waals surface area (Å²) in [5.74, 6) is 1.54. The molecular weight excluding hydrogens is 631 g/mol. The highest BCUT2D eigenvalue weighted by atomic mass is 35.5. The number of nitrogens with zero attached hydrogens (tertiary/aromatic N) is 5. The van der Waals surface area contributed by atoms with Crippen LogP contribution in [0, 0.1) is 0 Å². The molecule has 2 aromatic carbocycles. The van der Waals surface area contributed by atoms with Gasteiger partial charge in [-0.1, -0.05) is 36.5 Å². The number of anilines is 3. The molecule has 1 aliphatic heterocycles. The van der Waals surface area contributed by atoms with Gasteiger partial charge in [0.25, 0.3) is 0 Å². The van der Waals surface area contributed by atoms with E-state index in [0.717, 1.165) is 31.4 Å². The maximum Gasteiger partial charge on any atom is 0.324 e. The van der Waals surface area contributed by atoms with Crippen LogP contribution in [0.4, 0.5) is 26.9 Å². The second-order valence-corrected chi connectivity index (χ2v) is 11.9. The molecule has 4 N–H and O–H groups in total. The number of urea groups is 2. The molecule has 0 radical (unpaired) electrons. The Morgan fingerprint density at radius 2 is 1.83 bits per heavy atom. The Labute approximate surface area is 277 Å². The molecule has 0 aliphatic carbocycles. The van der Waals surface area contributed by atoms with Gasteiger partial charge in [0.2, 0.25) is 0 Å². The minimum Gasteiger partial charge on any atom is -0.508 e. The maximum absolute atomic E-state index is 13.1. The van der Waals surface area contributed by atoms with Crippen LogP contribution in [0.15, 0.2) is 60.8 Å². The summed E-state index contributed by atoms with van der Waals surface area (Å²) in [6.07, 6.45) is 5.13. The van der Waals surface area contributed by atoms with E-state index in [1.807, 2.05) is 20.2 Å². The number of phenolic OH excluding ortho intramolecular Hbond substituents is 1. The number of halogens is 2. The third kappa shape index (κ3) is 8.00. The van der Waals surface area contributed by atoms with Gasteiger partial charge in [-0.15, -0.1) is 0 Å².